The third-order valence-electron chi connectivity index (χ3n) is 6.11. The molecule has 2 aliphatic heterocycles. The van der Waals surface area contributed by atoms with Gasteiger partial charge < -0.3 is 14.5 Å². The molecule has 6 nitrogen and oxygen atoms in total. The van der Waals surface area contributed by atoms with Crippen molar-refractivity contribution >= 4 is 11.8 Å². The van der Waals surface area contributed by atoms with E-state index in [0.717, 1.165) is 30.7 Å². The third kappa shape index (κ3) is 4.37. The maximum absolute atomic E-state index is 12.9. The minimum Gasteiger partial charge on any atom is -0.490 e. The number of likely N-dealkylation sites (tertiary alicyclic amines) is 2. The third-order valence-corrected chi connectivity index (χ3v) is 6.11. The predicted molar refractivity (Wildman–Crippen MR) is 114 cm³/mol. The molecule has 0 bridgehead atoms. The zero-order chi connectivity index (χ0) is 21.0. The Labute approximate surface area is 177 Å². The maximum atomic E-state index is 12.9. The van der Waals surface area contributed by atoms with Crippen LogP contribution in [0.15, 0.2) is 61.4 Å². The number of hydrogen-bond acceptors (Lipinski definition) is 4. The van der Waals surface area contributed by atoms with E-state index in [4.69, 9.17) is 4.74 Å². The molecule has 0 saturated carbocycles. The summed E-state index contributed by atoms with van der Waals surface area (Å²) in [4.78, 5) is 33.4. The van der Waals surface area contributed by atoms with Gasteiger partial charge in [-0.05, 0) is 54.8 Å². The number of pyridine rings is 1. The first-order valence-electron chi connectivity index (χ1n) is 10.4. The Morgan fingerprint density at radius 2 is 1.83 bits per heavy atom. The van der Waals surface area contributed by atoms with Crippen molar-refractivity contribution in [3.63, 3.8) is 0 Å². The van der Waals surface area contributed by atoms with Crippen molar-refractivity contribution in [3.8, 4) is 5.75 Å². The van der Waals surface area contributed by atoms with E-state index in [0.29, 0.717) is 38.2 Å². The van der Waals surface area contributed by atoms with Crippen LogP contribution >= 0.6 is 0 Å². The minimum atomic E-state index is -0.0106. The summed E-state index contributed by atoms with van der Waals surface area (Å²) in [6.45, 7) is 6.84. The molecule has 0 N–H and O–H groups in total. The Kier molecular flexibility index (Phi) is 5.84. The van der Waals surface area contributed by atoms with E-state index in [1.165, 1.54) is 0 Å². The molecule has 0 radical (unpaired) electrons. The van der Waals surface area contributed by atoms with Crippen LogP contribution in [-0.4, -0.2) is 52.8 Å². The van der Waals surface area contributed by atoms with Gasteiger partial charge >= 0.3 is 0 Å². The highest BCUT2D eigenvalue weighted by Crippen LogP contribution is 2.41. The molecule has 1 spiro atoms. The van der Waals surface area contributed by atoms with Crippen molar-refractivity contribution < 1.29 is 14.3 Å². The average Bonchev–Trinajstić information content (AvgIpc) is 3.07. The van der Waals surface area contributed by atoms with Crippen LogP contribution in [0.5, 0.6) is 5.75 Å². The van der Waals surface area contributed by atoms with Gasteiger partial charge in [0.15, 0.2) is 0 Å². The standard InChI is InChI=1S/C24H27N3O3/c1-2-15-30-21-5-3-20(4-6-21)23(29)26-13-9-24(10-14-26)16-22(28)27(18-24)17-19-7-11-25-12-8-19/h2-8,11-12H,1,9-10,13-18H2. The summed E-state index contributed by atoms with van der Waals surface area (Å²) in [7, 11) is 0. The SMILES string of the molecule is C=CCOc1ccc(C(=O)N2CCC3(CC2)CC(=O)N(Cc2ccncc2)C3)cc1. The molecule has 6 heteroatoms. The van der Waals surface area contributed by atoms with Gasteiger partial charge in [0, 0.05) is 56.0 Å². The second-order valence-electron chi connectivity index (χ2n) is 8.20. The fraction of sp³-hybridized carbons (Fsp3) is 0.375. The molecular weight excluding hydrogens is 378 g/mol. The van der Waals surface area contributed by atoms with E-state index < -0.39 is 0 Å². The fourth-order valence-electron chi connectivity index (χ4n) is 4.38. The highest BCUT2D eigenvalue weighted by atomic mass is 16.5. The van der Waals surface area contributed by atoms with Crippen molar-refractivity contribution in [2.24, 2.45) is 5.41 Å². The summed E-state index contributed by atoms with van der Waals surface area (Å²) in [5, 5.41) is 0. The van der Waals surface area contributed by atoms with Gasteiger partial charge in [-0.3, -0.25) is 14.6 Å². The van der Waals surface area contributed by atoms with Gasteiger partial charge in [-0.2, -0.15) is 0 Å². The van der Waals surface area contributed by atoms with E-state index in [2.05, 4.69) is 11.6 Å². The van der Waals surface area contributed by atoms with Crippen LogP contribution < -0.4 is 4.74 Å². The topological polar surface area (TPSA) is 62.7 Å². The number of rotatable bonds is 6. The Morgan fingerprint density at radius 3 is 2.50 bits per heavy atom. The van der Waals surface area contributed by atoms with E-state index in [9.17, 15) is 9.59 Å². The van der Waals surface area contributed by atoms with Crippen molar-refractivity contribution in [2.45, 2.75) is 25.8 Å². The van der Waals surface area contributed by atoms with Gasteiger partial charge in [0.05, 0.1) is 0 Å². The molecule has 1 aromatic carbocycles. The summed E-state index contributed by atoms with van der Waals surface area (Å²) in [5.41, 5.74) is 1.76. The first-order valence-corrected chi connectivity index (χ1v) is 10.4. The fourth-order valence-corrected chi connectivity index (χ4v) is 4.38. The molecule has 2 fully saturated rings. The predicted octanol–water partition coefficient (Wildman–Crippen LogP) is 3.30. The summed E-state index contributed by atoms with van der Waals surface area (Å²) >= 11 is 0. The molecule has 2 amide bonds. The monoisotopic (exact) mass is 405 g/mol. The van der Waals surface area contributed by atoms with Crippen LogP contribution in [0.2, 0.25) is 0 Å². The largest absolute Gasteiger partial charge is 0.490 e. The summed E-state index contributed by atoms with van der Waals surface area (Å²) in [5.74, 6) is 0.975. The minimum absolute atomic E-state index is 0.0106. The molecule has 2 aliphatic rings. The molecule has 4 rings (SSSR count). The van der Waals surface area contributed by atoms with Gasteiger partial charge in [-0.25, -0.2) is 0 Å². The van der Waals surface area contributed by atoms with Crippen LogP contribution in [-0.2, 0) is 11.3 Å². The second-order valence-corrected chi connectivity index (χ2v) is 8.20. The van der Waals surface area contributed by atoms with E-state index in [-0.39, 0.29) is 17.2 Å². The number of benzene rings is 1. The number of aromatic nitrogens is 1. The number of hydrogen-bond donors (Lipinski definition) is 0. The summed E-state index contributed by atoms with van der Waals surface area (Å²) in [6, 6.07) is 11.1. The van der Waals surface area contributed by atoms with Crippen LogP contribution in [0, 0.1) is 5.41 Å². The maximum Gasteiger partial charge on any atom is 0.253 e. The van der Waals surface area contributed by atoms with E-state index >= 15 is 0 Å². The zero-order valence-electron chi connectivity index (χ0n) is 17.1. The molecule has 2 saturated heterocycles. The van der Waals surface area contributed by atoms with E-state index in [1.54, 1.807) is 30.6 Å². The Balaban J connectivity index is 1.33. The molecule has 156 valence electrons. The lowest BCUT2D eigenvalue weighted by Crippen LogP contribution is -2.44. The van der Waals surface area contributed by atoms with Crippen LogP contribution in [0.3, 0.4) is 0 Å². The lowest BCUT2D eigenvalue weighted by Gasteiger charge is -2.38. The van der Waals surface area contributed by atoms with Crippen LogP contribution in [0.25, 0.3) is 0 Å². The summed E-state index contributed by atoms with van der Waals surface area (Å²) < 4.78 is 5.48. The van der Waals surface area contributed by atoms with E-state index in [1.807, 2.05) is 34.1 Å². The van der Waals surface area contributed by atoms with Gasteiger partial charge in [-0.15, -0.1) is 0 Å². The highest BCUT2D eigenvalue weighted by molar-refractivity contribution is 5.94. The van der Waals surface area contributed by atoms with Gasteiger partial charge in [0.2, 0.25) is 5.91 Å². The second kappa shape index (κ2) is 8.69. The number of ether oxygens (including phenoxy) is 1. The first-order chi connectivity index (χ1) is 14.6. The number of carbonyl (C=O) groups excluding carboxylic acids is 2. The number of nitrogens with zero attached hydrogens (tertiary/aromatic N) is 3. The van der Waals surface area contributed by atoms with Gasteiger partial charge in [0.25, 0.3) is 5.91 Å². The van der Waals surface area contributed by atoms with Crippen LogP contribution in [0.1, 0.15) is 35.2 Å². The first kappa shape index (κ1) is 20.1. The molecule has 0 unspecified atom stereocenters. The van der Waals surface area contributed by atoms with Gasteiger partial charge in [0.1, 0.15) is 12.4 Å². The summed E-state index contributed by atoms with van der Waals surface area (Å²) in [6.07, 6.45) is 7.50. The Bertz CT molecular complexity index is 903. The molecule has 1 aromatic heterocycles. The number of piperidine rings is 1. The van der Waals surface area contributed by atoms with Crippen molar-refractivity contribution in [3.05, 3.63) is 72.6 Å². The molecular formula is C24H27N3O3. The zero-order valence-corrected chi connectivity index (χ0v) is 17.1. The average molecular weight is 405 g/mol. The van der Waals surface area contributed by atoms with Gasteiger partial charge in [-0.1, -0.05) is 12.7 Å². The van der Waals surface area contributed by atoms with Crippen LogP contribution in [0.4, 0.5) is 0 Å². The Hall–Kier alpha value is -3.15. The molecule has 0 atom stereocenters. The molecule has 30 heavy (non-hydrogen) atoms. The quantitative estimate of drug-likeness (QED) is 0.692. The smallest absolute Gasteiger partial charge is 0.253 e. The molecule has 0 aliphatic carbocycles. The number of amides is 2. The highest BCUT2D eigenvalue weighted by Gasteiger charge is 2.45. The van der Waals surface area contributed by atoms with Crippen molar-refractivity contribution in [2.75, 3.05) is 26.2 Å². The van der Waals surface area contributed by atoms with Crippen molar-refractivity contribution in [1.29, 1.82) is 0 Å². The normalized spacial score (nSPS) is 17.9. The molecule has 3 heterocycles. The Morgan fingerprint density at radius 1 is 1.13 bits per heavy atom. The molecule has 2 aromatic rings. The van der Waals surface area contributed by atoms with Crippen molar-refractivity contribution in [1.82, 2.24) is 14.8 Å². The number of carbonyl (C=O) groups is 2. The lowest BCUT2D eigenvalue weighted by atomic mass is 9.77. The lowest BCUT2D eigenvalue weighted by molar-refractivity contribution is -0.128.